The van der Waals surface area contributed by atoms with E-state index in [1.54, 1.807) is 6.07 Å². The van der Waals surface area contributed by atoms with Gasteiger partial charge in [-0.05, 0) is 29.3 Å². The lowest BCUT2D eigenvalue weighted by molar-refractivity contribution is 0.0233. The lowest BCUT2D eigenvalue weighted by Gasteiger charge is -2.09. The van der Waals surface area contributed by atoms with Crippen LogP contribution in [0.5, 0.6) is 0 Å². The highest BCUT2D eigenvalue weighted by Crippen LogP contribution is 2.27. The first kappa shape index (κ1) is 18.3. The highest BCUT2D eigenvalue weighted by Gasteiger charge is 2.13. The van der Waals surface area contributed by atoms with E-state index < -0.39 is 0 Å². The molecule has 1 heterocycles. The summed E-state index contributed by atoms with van der Waals surface area (Å²) >= 11 is 1.45. The highest BCUT2D eigenvalue weighted by molar-refractivity contribution is 7.98. The third kappa shape index (κ3) is 4.42. The zero-order valence-corrected chi connectivity index (χ0v) is 15.8. The van der Waals surface area contributed by atoms with E-state index in [4.69, 9.17) is 9.25 Å². The summed E-state index contributed by atoms with van der Waals surface area (Å²) in [7, 11) is 0. The minimum absolute atomic E-state index is 0.273. The average molecular weight is 390 g/mol. The topological polar surface area (TPSA) is 64.4 Å². The zero-order chi connectivity index (χ0) is 19.2. The van der Waals surface area contributed by atoms with Gasteiger partial charge in [0.1, 0.15) is 5.52 Å². The third-order valence-corrected chi connectivity index (χ3v) is 5.01. The van der Waals surface area contributed by atoms with Gasteiger partial charge in [0.25, 0.3) is 11.1 Å². The molecule has 0 spiro atoms. The van der Waals surface area contributed by atoms with Gasteiger partial charge in [-0.25, -0.2) is 10.5 Å². The fraction of sp³-hybridized carbons (Fsp3) is 0.0909. The van der Waals surface area contributed by atoms with Gasteiger partial charge in [0, 0.05) is 11.3 Å². The van der Waals surface area contributed by atoms with Gasteiger partial charge in [-0.1, -0.05) is 72.4 Å². The molecule has 0 fully saturated rings. The quantitative estimate of drug-likeness (QED) is 0.356. The largest absolute Gasteiger partial charge is 0.431 e. The normalized spacial score (nSPS) is 10.9. The lowest BCUT2D eigenvalue weighted by Crippen LogP contribution is -2.24. The maximum Gasteiger partial charge on any atom is 0.275 e. The smallest absolute Gasteiger partial charge is 0.275 e. The van der Waals surface area contributed by atoms with Crippen molar-refractivity contribution in [3.05, 3.63) is 95.6 Å². The lowest BCUT2D eigenvalue weighted by atomic mass is 10.1. The Morgan fingerprint density at radius 2 is 1.71 bits per heavy atom. The molecule has 4 aromatic rings. The Kier molecular flexibility index (Phi) is 5.70. The number of carbonyl (C=O) groups is 1. The van der Waals surface area contributed by atoms with Crippen molar-refractivity contribution in [1.29, 1.82) is 0 Å². The number of hydrogen-bond acceptors (Lipinski definition) is 5. The second kappa shape index (κ2) is 8.73. The number of nitrogens with zero attached hydrogens (tertiary/aromatic N) is 1. The number of thioether (sulfide) groups is 1. The van der Waals surface area contributed by atoms with Crippen molar-refractivity contribution in [1.82, 2.24) is 10.5 Å². The molecular formula is C22H18N2O3S. The summed E-state index contributed by atoms with van der Waals surface area (Å²) in [6, 6.07) is 24.8. The van der Waals surface area contributed by atoms with Crippen LogP contribution < -0.4 is 5.48 Å². The first-order valence-corrected chi connectivity index (χ1v) is 9.80. The summed E-state index contributed by atoms with van der Waals surface area (Å²) in [5.41, 5.74) is 6.54. The monoisotopic (exact) mass is 390 g/mol. The molecular weight excluding hydrogens is 372 g/mol. The van der Waals surface area contributed by atoms with Crippen LogP contribution in [0.15, 0.2) is 88.5 Å². The van der Waals surface area contributed by atoms with E-state index in [9.17, 15) is 4.79 Å². The zero-order valence-electron chi connectivity index (χ0n) is 15.0. The molecule has 28 heavy (non-hydrogen) atoms. The molecule has 6 heteroatoms. The summed E-state index contributed by atoms with van der Waals surface area (Å²) in [6.45, 7) is 0.312. The van der Waals surface area contributed by atoms with Crippen LogP contribution in [0.1, 0.15) is 21.5 Å². The van der Waals surface area contributed by atoms with E-state index in [1.807, 2.05) is 72.8 Å². The molecule has 0 bridgehead atoms. The van der Waals surface area contributed by atoms with Gasteiger partial charge in [0.15, 0.2) is 5.58 Å². The van der Waals surface area contributed by atoms with Gasteiger partial charge in [0.2, 0.25) is 0 Å². The van der Waals surface area contributed by atoms with Crippen molar-refractivity contribution in [2.45, 2.75) is 17.6 Å². The molecule has 0 atom stereocenters. The average Bonchev–Trinajstić information content (AvgIpc) is 3.16. The number of carbonyl (C=O) groups excluding carboxylic acids is 1. The molecule has 0 saturated heterocycles. The van der Waals surface area contributed by atoms with Crippen LogP contribution in [0.4, 0.5) is 0 Å². The summed E-state index contributed by atoms with van der Waals surface area (Å²) in [5, 5.41) is 0.580. The number of amides is 1. The Balaban J connectivity index is 1.39. The number of hydrogen-bond donors (Lipinski definition) is 1. The number of para-hydroxylation sites is 2. The highest BCUT2D eigenvalue weighted by atomic mass is 32.2. The first-order chi connectivity index (χ1) is 13.8. The number of benzene rings is 3. The van der Waals surface area contributed by atoms with E-state index in [2.05, 4.69) is 10.5 Å². The molecule has 0 saturated carbocycles. The molecule has 0 unspecified atom stereocenters. The van der Waals surface area contributed by atoms with Crippen molar-refractivity contribution in [2.75, 3.05) is 0 Å². The molecule has 3 aromatic carbocycles. The Labute approximate surface area is 166 Å². The molecule has 1 N–H and O–H groups in total. The van der Waals surface area contributed by atoms with Crippen LogP contribution in [-0.2, 0) is 17.2 Å². The minimum Gasteiger partial charge on any atom is -0.431 e. The van der Waals surface area contributed by atoms with Crippen molar-refractivity contribution in [3.63, 3.8) is 0 Å². The molecule has 0 aliphatic rings. The number of fused-ring (bicyclic) bond motifs is 1. The van der Waals surface area contributed by atoms with E-state index in [0.29, 0.717) is 23.1 Å². The van der Waals surface area contributed by atoms with Crippen LogP contribution in [0.2, 0.25) is 0 Å². The predicted octanol–water partition coefficient (Wildman–Crippen LogP) is 4.98. The van der Waals surface area contributed by atoms with Gasteiger partial charge in [-0.3, -0.25) is 9.63 Å². The molecule has 1 aromatic heterocycles. The molecule has 1 amide bonds. The van der Waals surface area contributed by atoms with Crippen LogP contribution in [0.3, 0.4) is 0 Å². The molecule has 0 aliphatic heterocycles. The van der Waals surface area contributed by atoms with E-state index in [-0.39, 0.29) is 5.91 Å². The third-order valence-electron chi connectivity index (χ3n) is 4.13. The number of aromatic nitrogens is 1. The van der Waals surface area contributed by atoms with Gasteiger partial charge < -0.3 is 4.42 Å². The van der Waals surface area contributed by atoms with Gasteiger partial charge >= 0.3 is 0 Å². The number of nitrogens with one attached hydrogen (secondary N) is 1. The number of oxazole rings is 1. The summed E-state index contributed by atoms with van der Waals surface area (Å²) in [4.78, 5) is 22.3. The fourth-order valence-corrected chi connectivity index (χ4v) is 3.58. The maximum atomic E-state index is 12.5. The Morgan fingerprint density at radius 1 is 0.964 bits per heavy atom. The Hall–Kier alpha value is -3.09. The summed E-state index contributed by atoms with van der Waals surface area (Å²) in [5.74, 6) is 0.291. The Bertz CT molecular complexity index is 1050. The first-order valence-electron chi connectivity index (χ1n) is 8.82. The number of rotatable bonds is 7. The standard InChI is InChI=1S/C22H18N2O3S/c25-21(24-26-14-16-8-2-1-3-9-16)18-11-5-4-10-17(18)15-28-22-23-19-12-6-7-13-20(19)27-22/h1-13H,14-15H2,(H,24,25). The molecule has 140 valence electrons. The van der Waals surface area contributed by atoms with Gasteiger partial charge in [0.05, 0.1) is 6.61 Å². The van der Waals surface area contributed by atoms with Gasteiger partial charge in [-0.2, -0.15) is 0 Å². The minimum atomic E-state index is -0.273. The van der Waals surface area contributed by atoms with Gasteiger partial charge in [-0.15, -0.1) is 0 Å². The van der Waals surface area contributed by atoms with Crippen LogP contribution in [0, 0.1) is 0 Å². The predicted molar refractivity (Wildman–Crippen MR) is 109 cm³/mol. The molecule has 0 radical (unpaired) electrons. The summed E-state index contributed by atoms with van der Waals surface area (Å²) < 4.78 is 5.73. The van der Waals surface area contributed by atoms with Crippen molar-refractivity contribution in [3.8, 4) is 0 Å². The van der Waals surface area contributed by atoms with Crippen molar-refractivity contribution < 1.29 is 14.0 Å². The van der Waals surface area contributed by atoms with E-state index in [0.717, 1.165) is 22.2 Å². The SMILES string of the molecule is O=C(NOCc1ccccc1)c1ccccc1CSc1nc2ccccc2o1. The summed E-state index contributed by atoms with van der Waals surface area (Å²) in [6.07, 6.45) is 0. The molecule has 0 aliphatic carbocycles. The number of hydroxylamine groups is 1. The maximum absolute atomic E-state index is 12.5. The van der Waals surface area contributed by atoms with E-state index in [1.165, 1.54) is 11.8 Å². The second-order valence-electron chi connectivity index (χ2n) is 6.10. The van der Waals surface area contributed by atoms with Crippen LogP contribution in [0.25, 0.3) is 11.1 Å². The van der Waals surface area contributed by atoms with Crippen molar-refractivity contribution in [2.24, 2.45) is 0 Å². The molecule has 5 nitrogen and oxygen atoms in total. The van der Waals surface area contributed by atoms with Crippen LogP contribution in [-0.4, -0.2) is 10.9 Å². The molecule has 4 rings (SSSR count). The fourth-order valence-electron chi connectivity index (χ4n) is 2.73. The van der Waals surface area contributed by atoms with Crippen molar-refractivity contribution >= 4 is 28.8 Å². The second-order valence-corrected chi connectivity index (χ2v) is 7.03. The van der Waals surface area contributed by atoms with E-state index >= 15 is 0 Å². The van der Waals surface area contributed by atoms with Crippen LogP contribution >= 0.6 is 11.8 Å². The Morgan fingerprint density at radius 3 is 2.57 bits per heavy atom.